The maximum absolute atomic E-state index is 12.4. The molecule has 0 aliphatic carbocycles. The van der Waals surface area contributed by atoms with Crippen LogP contribution in [-0.4, -0.2) is 30.3 Å². The molecule has 0 fully saturated rings. The van der Waals surface area contributed by atoms with Crippen molar-refractivity contribution in [1.82, 2.24) is 4.90 Å². The Kier molecular flexibility index (Phi) is 7.08. The highest BCUT2D eigenvalue weighted by Crippen LogP contribution is 2.33. The van der Waals surface area contributed by atoms with E-state index in [1.165, 1.54) is 11.0 Å². The number of halogens is 1. The first-order valence-electron chi connectivity index (χ1n) is 9.49. The molecule has 1 aromatic heterocycles. The van der Waals surface area contributed by atoms with Gasteiger partial charge in [-0.3, -0.25) is 9.59 Å². The first-order chi connectivity index (χ1) is 14.3. The highest BCUT2D eigenvalue weighted by molar-refractivity contribution is 7.16. The highest BCUT2D eigenvalue weighted by Gasteiger charge is 2.13. The lowest BCUT2D eigenvalue weighted by molar-refractivity contribution is -0.129. The number of hydrogen-bond acceptors (Lipinski definition) is 3. The second kappa shape index (κ2) is 9.74. The van der Waals surface area contributed by atoms with E-state index in [0.29, 0.717) is 5.02 Å². The second-order valence-electron chi connectivity index (χ2n) is 7.02. The number of carbonyl (C=O) groups is 2. The zero-order valence-electron chi connectivity index (χ0n) is 17.1. The normalized spacial score (nSPS) is 10.9. The molecule has 0 spiro atoms. The summed E-state index contributed by atoms with van der Waals surface area (Å²) < 4.78 is 0. The summed E-state index contributed by atoms with van der Waals surface area (Å²) in [6.07, 6.45) is 3.24. The van der Waals surface area contributed by atoms with Crippen LogP contribution in [0.3, 0.4) is 0 Å². The van der Waals surface area contributed by atoms with Crippen molar-refractivity contribution >= 4 is 46.5 Å². The van der Waals surface area contributed by atoms with Gasteiger partial charge in [-0.1, -0.05) is 48.0 Å². The summed E-state index contributed by atoms with van der Waals surface area (Å²) >= 11 is 7.80. The molecule has 0 aliphatic rings. The van der Waals surface area contributed by atoms with Gasteiger partial charge in [-0.25, -0.2) is 0 Å². The van der Waals surface area contributed by atoms with Crippen molar-refractivity contribution in [2.24, 2.45) is 0 Å². The summed E-state index contributed by atoms with van der Waals surface area (Å²) in [5.41, 5.74) is 3.74. The van der Waals surface area contributed by atoms with Crippen molar-refractivity contribution < 1.29 is 9.59 Å². The van der Waals surface area contributed by atoms with E-state index in [4.69, 9.17) is 11.6 Å². The molecule has 0 bridgehead atoms. The number of para-hydroxylation sites is 1. The summed E-state index contributed by atoms with van der Waals surface area (Å²) in [7, 11) is 1.61. The van der Waals surface area contributed by atoms with Crippen LogP contribution in [0.15, 0.2) is 60.7 Å². The molecule has 154 valence electrons. The molecule has 0 saturated heterocycles. The molecular formula is C24H23ClN2O2S. The molecule has 0 aliphatic heterocycles. The van der Waals surface area contributed by atoms with Gasteiger partial charge in [0.05, 0.1) is 6.54 Å². The van der Waals surface area contributed by atoms with Gasteiger partial charge in [-0.05, 0) is 49.2 Å². The van der Waals surface area contributed by atoms with Crippen LogP contribution in [0, 0.1) is 13.8 Å². The fourth-order valence-corrected chi connectivity index (χ4v) is 4.26. The summed E-state index contributed by atoms with van der Waals surface area (Å²) in [6, 6.07) is 17.4. The predicted octanol–water partition coefficient (Wildman–Crippen LogP) is 5.80. The number of nitrogens with one attached hydrogen (secondary N) is 1. The minimum absolute atomic E-state index is 0.0216. The molecule has 1 heterocycles. The van der Waals surface area contributed by atoms with Crippen LogP contribution in [0.5, 0.6) is 0 Å². The molecule has 0 atom stereocenters. The monoisotopic (exact) mass is 438 g/mol. The predicted molar refractivity (Wildman–Crippen MR) is 126 cm³/mol. The average molecular weight is 439 g/mol. The maximum Gasteiger partial charge on any atom is 0.246 e. The summed E-state index contributed by atoms with van der Waals surface area (Å²) in [4.78, 5) is 28.1. The fourth-order valence-electron chi connectivity index (χ4n) is 3.01. The molecule has 3 rings (SSSR count). The molecule has 2 aromatic carbocycles. The number of aryl methyl sites for hydroxylation is 2. The number of nitrogens with zero attached hydrogens (tertiary/aromatic N) is 1. The number of anilines is 1. The molecule has 1 N–H and O–H groups in total. The van der Waals surface area contributed by atoms with Crippen LogP contribution >= 0.6 is 22.9 Å². The van der Waals surface area contributed by atoms with Gasteiger partial charge in [-0.15, -0.1) is 11.3 Å². The van der Waals surface area contributed by atoms with Crippen LogP contribution in [-0.2, 0) is 9.59 Å². The molecule has 3 aromatic rings. The number of hydrogen-bond donors (Lipinski definition) is 1. The molecule has 0 unspecified atom stereocenters. The molecular weight excluding hydrogens is 416 g/mol. The van der Waals surface area contributed by atoms with E-state index >= 15 is 0 Å². The maximum atomic E-state index is 12.4. The molecule has 6 heteroatoms. The van der Waals surface area contributed by atoms with Crippen molar-refractivity contribution in [3.63, 3.8) is 0 Å². The average Bonchev–Trinajstić information content (AvgIpc) is 3.18. The Labute approximate surface area is 185 Å². The van der Waals surface area contributed by atoms with Crippen LogP contribution in [0.4, 0.5) is 5.69 Å². The van der Waals surface area contributed by atoms with Gasteiger partial charge >= 0.3 is 0 Å². The fraction of sp³-hybridized carbons (Fsp3) is 0.167. The number of benzene rings is 2. The number of likely N-dealkylation sites (N-methyl/N-ethyl adjacent to an activating group) is 1. The third-order valence-electron chi connectivity index (χ3n) is 4.66. The lowest BCUT2D eigenvalue weighted by atomic mass is 10.1. The quantitative estimate of drug-likeness (QED) is 0.495. The first kappa shape index (κ1) is 21.8. The highest BCUT2D eigenvalue weighted by atomic mass is 35.5. The van der Waals surface area contributed by atoms with E-state index in [-0.39, 0.29) is 18.4 Å². The van der Waals surface area contributed by atoms with E-state index in [2.05, 4.69) is 5.32 Å². The van der Waals surface area contributed by atoms with E-state index in [0.717, 1.165) is 32.1 Å². The minimum atomic E-state index is -0.237. The van der Waals surface area contributed by atoms with Gasteiger partial charge in [-0.2, -0.15) is 0 Å². The number of amides is 2. The molecule has 0 radical (unpaired) electrons. The van der Waals surface area contributed by atoms with Crippen LogP contribution < -0.4 is 5.32 Å². The SMILES string of the molecule is Cc1cccc(C)c1NC(=O)CN(C)C(=O)/C=C/c1ccc(-c2ccccc2Cl)s1. The number of thiophene rings is 1. The van der Waals surface area contributed by atoms with E-state index in [1.807, 2.05) is 68.4 Å². The zero-order valence-corrected chi connectivity index (χ0v) is 18.7. The molecule has 4 nitrogen and oxygen atoms in total. The van der Waals surface area contributed by atoms with Crippen molar-refractivity contribution in [2.45, 2.75) is 13.8 Å². The standard InChI is InChI=1S/C24H23ClN2O2S/c1-16-7-6-8-17(2)24(16)26-22(28)15-27(3)23(29)14-12-18-11-13-21(30-18)19-9-4-5-10-20(19)25/h4-14H,15H2,1-3H3,(H,26,28)/b14-12+. The Morgan fingerprint density at radius 2 is 1.73 bits per heavy atom. The van der Waals surface area contributed by atoms with E-state index in [1.54, 1.807) is 24.5 Å². The summed E-state index contributed by atoms with van der Waals surface area (Å²) in [5.74, 6) is -0.465. The first-order valence-corrected chi connectivity index (χ1v) is 10.7. The zero-order chi connectivity index (χ0) is 21.7. The Morgan fingerprint density at radius 1 is 1.03 bits per heavy atom. The smallest absolute Gasteiger partial charge is 0.246 e. The Morgan fingerprint density at radius 3 is 2.43 bits per heavy atom. The largest absolute Gasteiger partial charge is 0.333 e. The van der Waals surface area contributed by atoms with E-state index in [9.17, 15) is 9.59 Å². The summed E-state index contributed by atoms with van der Waals surface area (Å²) in [6.45, 7) is 3.86. The van der Waals surface area contributed by atoms with Crippen molar-refractivity contribution in [3.05, 3.63) is 81.7 Å². The number of rotatable bonds is 6. The van der Waals surface area contributed by atoms with Crippen LogP contribution in [0.2, 0.25) is 5.02 Å². The number of carbonyl (C=O) groups excluding carboxylic acids is 2. The third-order valence-corrected chi connectivity index (χ3v) is 6.07. The van der Waals surface area contributed by atoms with Crippen molar-refractivity contribution in [3.8, 4) is 10.4 Å². The van der Waals surface area contributed by atoms with Crippen LogP contribution in [0.25, 0.3) is 16.5 Å². The minimum Gasteiger partial charge on any atom is -0.333 e. The van der Waals surface area contributed by atoms with Gasteiger partial charge in [0.2, 0.25) is 11.8 Å². The van der Waals surface area contributed by atoms with Gasteiger partial charge < -0.3 is 10.2 Å². The lowest BCUT2D eigenvalue weighted by Crippen LogP contribution is -2.34. The van der Waals surface area contributed by atoms with Crippen molar-refractivity contribution in [1.29, 1.82) is 0 Å². The summed E-state index contributed by atoms with van der Waals surface area (Å²) in [5, 5.41) is 3.59. The molecule has 30 heavy (non-hydrogen) atoms. The van der Waals surface area contributed by atoms with Gasteiger partial charge in [0.15, 0.2) is 0 Å². The van der Waals surface area contributed by atoms with Gasteiger partial charge in [0.1, 0.15) is 0 Å². The van der Waals surface area contributed by atoms with E-state index < -0.39 is 0 Å². The van der Waals surface area contributed by atoms with Gasteiger partial charge in [0, 0.05) is 39.2 Å². The Hall–Kier alpha value is -2.89. The lowest BCUT2D eigenvalue weighted by Gasteiger charge is -2.16. The van der Waals surface area contributed by atoms with Crippen molar-refractivity contribution in [2.75, 3.05) is 18.9 Å². The Bertz CT molecular complexity index is 1080. The third kappa shape index (κ3) is 5.38. The Balaban J connectivity index is 1.60. The second-order valence-corrected chi connectivity index (χ2v) is 8.55. The topological polar surface area (TPSA) is 49.4 Å². The van der Waals surface area contributed by atoms with Crippen LogP contribution in [0.1, 0.15) is 16.0 Å². The van der Waals surface area contributed by atoms with Gasteiger partial charge in [0.25, 0.3) is 0 Å². The molecule has 2 amide bonds. The molecule has 0 saturated carbocycles.